The van der Waals surface area contributed by atoms with Gasteiger partial charge in [-0.25, -0.2) is 5.01 Å². The second kappa shape index (κ2) is 8.16. The molecular formula is C21H24N4O3S. The molecule has 2 aromatic carbocycles. The van der Waals surface area contributed by atoms with Crippen molar-refractivity contribution in [2.75, 3.05) is 6.54 Å². The van der Waals surface area contributed by atoms with Crippen molar-refractivity contribution in [2.45, 2.75) is 37.6 Å². The Morgan fingerprint density at radius 3 is 2.45 bits per heavy atom. The molecule has 152 valence electrons. The molecule has 1 N–H and O–H groups in total. The number of carbonyl (C=O) groups is 1. The van der Waals surface area contributed by atoms with E-state index in [0.29, 0.717) is 5.56 Å². The quantitative estimate of drug-likeness (QED) is 0.604. The van der Waals surface area contributed by atoms with Crippen molar-refractivity contribution in [3.8, 4) is 0 Å². The molecule has 0 bridgehead atoms. The smallest absolute Gasteiger partial charge is 0.285 e. The molecule has 29 heavy (non-hydrogen) atoms. The van der Waals surface area contributed by atoms with E-state index < -0.39 is 10.0 Å². The van der Waals surface area contributed by atoms with Gasteiger partial charge in [0.05, 0.1) is 12.8 Å². The number of carbonyl (C=O) groups excluding carboxylic acids is 1. The van der Waals surface area contributed by atoms with Crippen molar-refractivity contribution in [3.63, 3.8) is 0 Å². The highest BCUT2D eigenvalue weighted by Crippen LogP contribution is 2.27. The van der Waals surface area contributed by atoms with Crippen LogP contribution in [0.3, 0.4) is 0 Å². The molecule has 0 atom stereocenters. The molecule has 0 unspecified atom stereocenters. The first kappa shape index (κ1) is 20.7. The van der Waals surface area contributed by atoms with E-state index in [1.165, 1.54) is 11.1 Å². The molecule has 7 nitrogen and oxygen atoms in total. The Kier molecular flexibility index (Phi) is 5.83. The summed E-state index contributed by atoms with van der Waals surface area (Å²) in [4.78, 5) is 12.4. The van der Waals surface area contributed by atoms with Crippen LogP contribution < -0.4 is 5.32 Å². The number of benzene rings is 2. The minimum atomic E-state index is -3.78. The number of hydrogen-bond donors (Lipinski definition) is 1. The van der Waals surface area contributed by atoms with E-state index >= 15 is 0 Å². The molecule has 0 fully saturated rings. The second-order valence-corrected chi connectivity index (χ2v) is 9.29. The van der Waals surface area contributed by atoms with Gasteiger partial charge in [0, 0.05) is 17.5 Å². The van der Waals surface area contributed by atoms with E-state index in [1.807, 2.05) is 51.1 Å². The Labute approximate surface area is 171 Å². The van der Waals surface area contributed by atoms with E-state index in [0.717, 1.165) is 5.56 Å². The third-order valence-electron chi connectivity index (χ3n) is 4.07. The number of rotatable bonds is 5. The summed E-state index contributed by atoms with van der Waals surface area (Å²) >= 11 is 0. The first-order chi connectivity index (χ1) is 13.7. The van der Waals surface area contributed by atoms with Crippen LogP contribution in [0.4, 0.5) is 0 Å². The van der Waals surface area contributed by atoms with Crippen LogP contribution in [0.25, 0.3) is 0 Å². The predicted octanol–water partition coefficient (Wildman–Crippen LogP) is 2.78. The lowest BCUT2D eigenvalue weighted by Gasteiger charge is -2.22. The molecule has 0 saturated heterocycles. The van der Waals surface area contributed by atoms with Gasteiger partial charge in [-0.2, -0.15) is 13.5 Å². The van der Waals surface area contributed by atoms with Gasteiger partial charge in [0.2, 0.25) is 5.91 Å². The highest BCUT2D eigenvalue weighted by molar-refractivity contribution is 7.90. The summed E-state index contributed by atoms with van der Waals surface area (Å²) in [5, 5.41) is 8.81. The Balaban J connectivity index is 1.89. The zero-order valence-electron chi connectivity index (χ0n) is 16.7. The lowest BCUT2D eigenvalue weighted by Crippen LogP contribution is -2.42. The number of amides is 1. The highest BCUT2D eigenvalue weighted by Gasteiger charge is 2.32. The Morgan fingerprint density at radius 1 is 1.10 bits per heavy atom. The normalized spacial score (nSPS) is 15.1. The average molecular weight is 413 g/mol. The maximum absolute atomic E-state index is 12.4. The molecule has 3 rings (SSSR count). The first-order valence-electron chi connectivity index (χ1n) is 9.28. The lowest BCUT2D eigenvalue weighted by molar-refractivity contribution is -0.122. The van der Waals surface area contributed by atoms with E-state index in [1.54, 1.807) is 24.4 Å². The van der Waals surface area contributed by atoms with E-state index in [9.17, 15) is 13.2 Å². The maximum Gasteiger partial charge on any atom is 0.285 e. The van der Waals surface area contributed by atoms with Crippen molar-refractivity contribution < 1.29 is 13.2 Å². The number of amidine groups is 1. The third-order valence-corrected chi connectivity index (χ3v) is 5.39. The molecule has 8 heteroatoms. The Bertz CT molecular complexity index is 1050. The zero-order valence-corrected chi connectivity index (χ0v) is 17.5. The lowest BCUT2D eigenvalue weighted by atomic mass is 10.1. The van der Waals surface area contributed by atoms with Gasteiger partial charge in [-0.3, -0.25) is 4.79 Å². The van der Waals surface area contributed by atoms with E-state index in [2.05, 4.69) is 14.8 Å². The molecule has 1 aliphatic heterocycles. The molecule has 1 amide bonds. The van der Waals surface area contributed by atoms with Gasteiger partial charge in [-0.05, 0) is 38.5 Å². The van der Waals surface area contributed by atoms with Gasteiger partial charge < -0.3 is 5.32 Å². The van der Waals surface area contributed by atoms with Crippen LogP contribution in [0.1, 0.15) is 38.3 Å². The largest absolute Gasteiger partial charge is 0.351 e. The number of fused-ring (bicyclic) bond motifs is 1. The fourth-order valence-electron chi connectivity index (χ4n) is 2.86. The van der Waals surface area contributed by atoms with Crippen LogP contribution in [0.5, 0.6) is 0 Å². The molecular weight excluding hydrogens is 388 g/mol. The first-order valence-corrected chi connectivity index (χ1v) is 10.7. The number of sulfonamides is 1. The number of nitrogens with zero attached hydrogens (tertiary/aromatic N) is 3. The van der Waals surface area contributed by atoms with Crippen molar-refractivity contribution in [3.05, 3.63) is 65.7 Å². The summed E-state index contributed by atoms with van der Waals surface area (Å²) in [6.45, 7) is 5.90. The minimum Gasteiger partial charge on any atom is -0.351 e. The Morgan fingerprint density at radius 2 is 1.76 bits per heavy atom. The van der Waals surface area contributed by atoms with Crippen LogP contribution >= 0.6 is 0 Å². The molecule has 0 saturated carbocycles. The van der Waals surface area contributed by atoms with Crippen molar-refractivity contribution >= 4 is 28.0 Å². The van der Waals surface area contributed by atoms with Crippen molar-refractivity contribution in [1.82, 2.24) is 10.3 Å². The van der Waals surface area contributed by atoms with Gasteiger partial charge in [-0.1, -0.05) is 42.5 Å². The van der Waals surface area contributed by atoms with Crippen molar-refractivity contribution in [1.29, 1.82) is 0 Å². The van der Waals surface area contributed by atoms with Crippen LogP contribution in [0, 0.1) is 0 Å². The standard InChI is InChI=1S/C21H24N4O3S/c1-21(2,3)23-19(26)13-14-25(22-15-16-9-5-4-6-10-16)20-17-11-7-8-12-18(17)29(27,28)24-20/h4-12,15H,13-14H2,1-3H3,(H,23,26). The maximum atomic E-state index is 12.4. The summed E-state index contributed by atoms with van der Waals surface area (Å²) in [6.07, 6.45) is 1.77. The number of hydrazone groups is 1. The van der Waals surface area contributed by atoms with E-state index in [4.69, 9.17) is 0 Å². The fraction of sp³-hybridized carbons (Fsp3) is 0.286. The van der Waals surface area contributed by atoms with Gasteiger partial charge in [0.25, 0.3) is 10.0 Å². The summed E-state index contributed by atoms with van der Waals surface area (Å²) in [5.74, 6) is 0.0727. The second-order valence-electron chi connectivity index (χ2n) is 7.71. The van der Waals surface area contributed by atoms with Gasteiger partial charge in [0.1, 0.15) is 4.90 Å². The topological polar surface area (TPSA) is 91.2 Å². The molecule has 2 aromatic rings. The monoisotopic (exact) mass is 412 g/mol. The van der Waals surface area contributed by atoms with Gasteiger partial charge >= 0.3 is 0 Å². The molecule has 0 aromatic heterocycles. The molecule has 1 aliphatic rings. The van der Waals surface area contributed by atoms with Crippen LogP contribution in [0.15, 0.2) is 69.0 Å². The SMILES string of the molecule is CC(C)(C)NC(=O)CCN(N=Cc1ccccc1)C1=NS(=O)(=O)c2ccccc21. The average Bonchev–Trinajstić information content (AvgIpc) is 2.93. The molecule has 0 radical (unpaired) electrons. The number of hydrogen-bond acceptors (Lipinski definition) is 5. The van der Waals surface area contributed by atoms with Gasteiger partial charge in [0.15, 0.2) is 5.84 Å². The summed E-state index contributed by atoms with van der Waals surface area (Å²) in [5.41, 5.74) is 0.982. The highest BCUT2D eigenvalue weighted by atomic mass is 32.2. The molecule has 0 spiro atoms. The zero-order chi connectivity index (χ0) is 21.1. The third kappa shape index (κ3) is 5.29. The van der Waals surface area contributed by atoms with Crippen LogP contribution in [-0.4, -0.2) is 43.5 Å². The van der Waals surface area contributed by atoms with Crippen LogP contribution in [0.2, 0.25) is 0 Å². The summed E-state index contributed by atoms with van der Waals surface area (Å²) in [7, 11) is -3.78. The van der Waals surface area contributed by atoms with Crippen molar-refractivity contribution in [2.24, 2.45) is 9.50 Å². The van der Waals surface area contributed by atoms with Gasteiger partial charge in [-0.15, -0.1) is 4.40 Å². The molecule has 0 aliphatic carbocycles. The summed E-state index contributed by atoms with van der Waals surface area (Å²) in [6, 6.07) is 16.1. The molecule has 1 heterocycles. The number of nitrogens with one attached hydrogen (secondary N) is 1. The summed E-state index contributed by atoms with van der Waals surface area (Å²) < 4.78 is 28.8. The minimum absolute atomic E-state index is 0.143. The predicted molar refractivity (Wildman–Crippen MR) is 113 cm³/mol. The van der Waals surface area contributed by atoms with Crippen LogP contribution in [-0.2, 0) is 14.8 Å². The Hall–Kier alpha value is -3.00. The fourth-order valence-corrected chi connectivity index (χ4v) is 4.06. The van der Waals surface area contributed by atoms with E-state index in [-0.39, 0.29) is 35.1 Å².